The van der Waals surface area contributed by atoms with Gasteiger partial charge in [0.25, 0.3) is 0 Å². The molecule has 0 spiro atoms. The summed E-state index contributed by atoms with van der Waals surface area (Å²) in [5.74, 6) is 1.72. The fraction of sp³-hybridized carbons (Fsp3) is 0.529. The Hall–Kier alpha value is -1.39. The zero-order valence-corrected chi connectivity index (χ0v) is 13.5. The maximum atomic E-state index is 6.40. The lowest BCUT2D eigenvalue weighted by atomic mass is 10.1. The summed E-state index contributed by atoms with van der Waals surface area (Å²) < 4.78 is 0. The van der Waals surface area contributed by atoms with Crippen molar-refractivity contribution >= 4 is 28.5 Å². The number of aromatic nitrogens is 2. The van der Waals surface area contributed by atoms with Gasteiger partial charge in [-0.3, -0.25) is 0 Å². The van der Waals surface area contributed by atoms with Crippen LogP contribution in [0.2, 0.25) is 5.02 Å². The van der Waals surface area contributed by atoms with Crippen LogP contribution in [-0.2, 0) is 0 Å². The summed E-state index contributed by atoms with van der Waals surface area (Å²) in [6, 6.07) is 5.86. The van der Waals surface area contributed by atoms with Crippen molar-refractivity contribution in [1.82, 2.24) is 14.9 Å². The predicted octanol–water partition coefficient (Wildman–Crippen LogP) is 3.21. The average molecular weight is 317 g/mol. The Morgan fingerprint density at radius 1 is 1.23 bits per heavy atom. The van der Waals surface area contributed by atoms with Crippen molar-refractivity contribution in [3.8, 4) is 0 Å². The molecule has 2 aromatic heterocycles. The van der Waals surface area contributed by atoms with Crippen LogP contribution in [0.4, 0.5) is 5.82 Å². The molecule has 22 heavy (non-hydrogen) atoms. The monoisotopic (exact) mass is 316 g/mol. The number of anilines is 1. The Bertz CT molecular complexity index is 669. The highest BCUT2D eigenvalue weighted by Gasteiger charge is 2.26. The van der Waals surface area contributed by atoms with E-state index in [9.17, 15) is 0 Å². The lowest BCUT2D eigenvalue weighted by molar-refractivity contribution is 0.289. The van der Waals surface area contributed by atoms with E-state index in [0.717, 1.165) is 40.9 Å². The predicted molar refractivity (Wildman–Crippen MR) is 90.5 cm³/mol. The van der Waals surface area contributed by atoms with Crippen molar-refractivity contribution in [3.63, 3.8) is 0 Å². The molecule has 2 saturated heterocycles. The quantitative estimate of drug-likeness (QED) is 0.870. The first kappa shape index (κ1) is 14.2. The molecule has 2 aliphatic rings. The maximum absolute atomic E-state index is 6.40. The van der Waals surface area contributed by atoms with Crippen LogP contribution in [-0.4, -0.2) is 47.6 Å². The molecule has 0 saturated carbocycles. The number of pyridine rings is 2. The van der Waals surface area contributed by atoms with Crippen LogP contribution in [0.15, 0.2) is 24.4 Å². The van der Waals surface area contributed by atoms with Crippen LogP contribution < -0.4 is 4.90 Å². The number of rotatable bonds is 3. The Kier molecular flexibility index (Phi) is 3.89. The molecule has 4 rings (SSSR count). The van der Waals surface area contributed by atoms with Crippen LogP contribution in [0, 0.1) is 5.92 Å². The first-order chi connectivity index (χ1) is 10.8. The summed E-state index contributed by atoms with van der Waals surface area (Å²) >= 11 is 6.40. The normalized spacial score (nSPS) is 22.8. The molecule has 0 aromatic carbocycles. The fourth-order valence-electron chi connectivity index (χ4n) is 3.69. The van der Waals surface area contributed by atoms with E-state index in [2.05, 4.69) is 14.8 Å². The molecule has 4 nitrogen and oxygen atoms in total. The summed E-state index contributed by atoms with van der Waals surface area (Å²) in [5, 5.41) is 1.68. The third kappa shape index (κ3) is 2.77. The van der Waals surface area contributed by atoms with Gasteiger partial charge in [0.1, 0.15) is 5.82 Å². The van der Waals surface area contributed by atoms with Gasteiger partial charge in [0.15, 0.2) is 5.65 Å². The van der Waals surface area contributed by atoms with E-state index < -0.39 is 0 Å². The van der Waals surface area contributed by atoms with Crippen molar-refractivity contribution in [2.24, 2.45) is 5.92 Å². The lowest BCUT2D eigenvalue weighted by Crippen LogP contribution is -2.29. The zero-order valence-electron chi connectivity index (χ0n) is 12.7. The summed E-state index contributed by atoms with van der Waals surface area (Å²) in [4.78, 5) is 14.0. The highest BCUT2D eigenvalue weighted by Crippen LogP contribution is 2.29. The van der Waals surface area contributed by atoms with Crippen molar-refractivity contribution in [3.05, 3.63) is 29.4 Å². The lowest BCUT2D eigenvalue weighted by Gasteiger charge is -2.21. The van der Waals surface area contributed by atoms with E-state index in [1.807, 2.05) is 18.2 Å². The number of fused-ring (bicyclic) bond motifs is 1. The van der Waals surface area contributed by atoms with Gasteiger partial charge >= 0.3 is 0 Å². The summed E-state index contributed by atoms with van der Waals surface area (Å²) in [6.45, 7) is 5.94. The molecule has 2 aliphatic heterocycles. The van der Waals surface area contributed by atoms with Gasteiger partial charge in [0, 0.05) is 37.3 Å². The third-order valence-electron chi connectivity index (χ3n) is 4.85. The van der Waals surface area contributed by atoms with E-state index in [1.54, 1.807) is 6.20 Å². The highest BCUT2D eigenvalue weighted by molar-refractivity contribution is 6.35. The van der Waals surface area contributed by atoms with Crippen molar-refractivity contribution in [1.29, 1.82) is 0 Å². The second kappa shape index (κ2) is 6.01. The van der Waals surface area contributed by atoms with Crippen molar-refractivity contribution in [2.75, 3.05) is 37.6 Å². The molecule has 4 heterocycles. The molecule has 5 heteroatoms. The molecule has 0 radical (unpaired) electrons. The third-order valence-corrected chi connectivity index (χ3v) is 5.16. The topological polar surface area (TPSA) is 32.3 Å². The van der Waals surface area contributed by atoms with E-state index in [1.165, 1.54) is 38.9 Å². The summed E-state index contributed by atoms with van der Waals surface area (Å²) in [6.07, 6.45) is 5.75. The molecule has 0 N–H and O–H groups in total. The SMILES string of the molecule is Clc1cc(N2CCC(CN3CCCC3)C2)nc2ncccc12. The smallest absolute Gasteiger partial charge is 0.163 e. The van der Waals surface area contributed by atoms with Gasteiger partial charge in [-0.15, -0.1) is 0 Å². The van der Waals surface area contributed by atoms with E-state index in [-0.39, 0.29) is 0 Å². The van der Waals surface area contributed by atoms with Crippen molar-refractivity contribution in [2.45, 2.75) is 19.3 Å². The van der Waals surface area contributed by atoms with E-state index in [4.69, 9.17) is 16.6 Å². The number of hydrogen-bond acceptors (Lipinski definition) is 4. The first-order valence-corrected chi connectivity index (χ1v) is 8.56. The molecule has 0 aliphatic carbocycles. The number of likely N-dealkylation sites (tertiary alicyclic amines) is 1. The van der Waals surface area contributed by atoms with E-state index in [0.29, 0.717) is 0 Å². The number of hydrogen-bond donors (Lipinski definition) is 0. The van der Waals surface area contributed by atoms with Gasteiger partial charge in [-0.2, -0.15) is 0 Å². The van der Waals surface area contributed by atoms with Crippen LogP contribution in [0.1, 0.15) is 19.3 Å². The van der Waals surface area contributed by atoms with E-state index >= 15 is 0 Å². The van der Waals surface area contributed by atoms with Crippen LogP contribution in [0.3, 0.4) is 0 Å². The van der Waals surface area contributed by atoms with Crippen LogP contribution in [0.25, 0.3) is 11.0 Å². The fourth-order valence-corrected chi connectivity index (χ4v) is 3.93. The maximum Gasteiger partial charge on any atom is 0.163 e. The largest absolute Gasteiger partial charge is 0.356 e. The number of halogens is 1. The van der Waals surface area contributed by atoms with Crippen LogP contribution >= 0.6 is 11.6 Å². The summed E-state index contributed by atoms with van der Waals surface area (Å²) in [7, 11) is 0. The van der Waals surface area contributed by atoms with Gasteiger partial charge < -0.3 is 9.80 Å². The van der Waals surface area contributed by atoms with Gasteiger partial charge in [-0.1, -0.05) is 11.6 Å². The number of nitrogens with zero attached hydrogens (tertiary/aromatic N) is 4. The van der Waals surface area contributed by atoms with Gasteiger partial charge in [-0.25, -0.2) is 9.97 Å². The highest BCUT2D eigenvalue weighted by atomic mass is 35.5. The second-order valence-corrected chi connectivity index (χ2v) is 6.85. The Morgan fingerprint density at radius 2 is 2.09 bits per heavy atom. The molecule has 0 amide bonds. The molecule has 0 bridgehead atoms. The van der Waals surface area contributed by atoms with Gasteiger partial charge in [0.2, 0.25) is 0 Å². The molecular formula is C17H21ClN4. The summed E-state index contributed by atoms with van der Waals surface area (Å²) in [5.41, 5.74) is 0.744. The standard InChI is InChI=1S/C17H21ClN4/c18-15-10-16(20-17-14(15)4-3-6-19-17)22-9-5-13(12-22)11-21-7-1-2-8-21/h3-4,6,10,13H,1-2,5,7-9,11-12H2. The average Bonchev–Trinajstić information content (AvgIpc) is 3.20. The Labute approximate surface area is 136 Å². The molecular weight excluding hydrogens is 296 g/mol. The second-order valence-electron chi connectivity index (χ2n) is 6.45. The Balaban J connectivity index is 1.50. The minimum Gasteiger partial charge on any atom is -0.356 e. The molecule has 1 atom stereocenters. The van der Waals surface area contributed by atoms with Gasteiger partial charge in [-0.05, 0) is 50.4 Å². The van der Waals surface area contributed by atoms with Gasteiger partial charge in [0.05, 0.1) is 5.02 Å². The molecule has 2 aromatic rings. The first-order valence-electron chi connectivity index (χ1n) is 8.18. The minimum atomic E-state index is 0.744. The minimum absolute atomic E-state index is 0.744. The van der Waals surface area contributed by atoms with Crippen molar-refractivity contribution < 1.29 is 0 Å². The van der Waals surface area contributed by atoms with Crippen LogP contribution in [0.5, 0.6) is 0 Å². The Morgan fingerprint density at radius 3 is 2.95 bits per heavy atom. The molecule has 116 valence electrons. The molecule has 1 unspecified atom stereocenters. The molecule has 2 fully saturated rings. The zero-order chi connectivity index (χ0) is 14.9.